The summed E-state index contributed by atoms with van der Waals surface area (Å²) in [7, 11) is 1.59. The molecule has 2 rings (SSSR count). The lowest BCUT2D eigenvalue weighted by molar-refractivity contribution is -0.113. The van der Waals surface area contributed by atoms with Crippen molar-refractivity contribution >= 4 is 23.4 Å². The van der Waals surface area contributed by atoms with Gasteiger partial charge in [0.15, 0.2) is 16.8 Å². The molecule has 0 bridgehead atoms. The Morgan fingerprint density at radius 3 is 2.95 bits per heavy atom. The molecular weight excluding hydrogens is 314 g/mol. The second kappa shape index (κ2) is 7.85. The molecule has 1 heterocycles. The minimum absolute atomic E-state index is 0.0741. The molecule has 1 aromatic carbocycles. The Labute approximate surface area is 129 Å². The number of hydrogen-bond donors (Lipinski definition) is 1. The van der Waals surface area contributed by atoms with Crippen LogP contribution in [-0.2, 0) is 16.1 Å². The van der Waals surface area contributed by atoms with Gasteiger partial charge in [-0.05, 0) is 12.1 Å². The number of hydrogen-bond acceptors (Lipinski definition) is 5. The Morgan fingerprint density at radius 1 is 1.41 bits per heavy atom. The van der Waals surface area contributed by atoms with Gasteiger partial charge in [-0.1, -0.05) is 11.8 Å². The average molecular weight is 328 g/mol. The van der Waals surface area contributed by atoms with Crippen LogP contribution in [0.4, 0.5) is 14.5 Å². The lowest BCUT2D eigenvalue weighted by atomic mass is 10.3. The molecule has 6 nitrogen and oxygen atoms in total. The van der Waals surface area contributed by atoms with Crippen molar-refractivity contribution in [2.24, 2.45) is 0 Å². The summed E-state index contributed by atoms with van der Waals surface area (Å²) in [5.74, 6) is -2.24. The molecule has 118 valence electrons. The van der Waals surface area contributed by atoms with Crippen molar-refractivity contribution in [2.45, 2.75) is 11.7 Å². The van der Waals surface area contributed by atoms with Crippen LogP contribution in [0, 0.1) is 11.6 Å². The van der Waals surface area contributed by atoms with Gasteiger partial charge in [-0.3, -0.25) is 4.79 Å². The summed E-state index contributed by atoms with van der Waals surface area (Å²) in [6, 6.07) is 3.18. The third-order valence-corrected chi connectivity index (χ3v) is 3.63. The van der Waals surface area contributed by atoms with Crippen LogP contribution in [-0.4, -0.2) is 40.1 Å². The van der Waals surface area contributed by atoms with Gasteiger partial charge in [0.25, 0.3) is 0 Å². The van der Waals surface area contributed by atoms with Crippen LogP contribution in [0.15, 0.2) is 29.7 Å². The van der Waals surface area contributed by atoms with E-state index in [2.05, 4.69) is 15.5 Å². The quantitative estimate of drug-likeness (QED) is 0.787. The number of nitrogens with one attached hydrogen (secondary N) is 1. The summed E-state index contributed by atoms with van der Waals surface area (Å²) < 4.78 is 32.6. The maximum Gasteiger partial charge on any atom is 0.234 e. The number of nitrogens with zero attached hydrogens (tertiary/aromatic N) is 3. The lowest BCUT2D eigenvalue weighted by Crippen LogP contribution is -2.15. The van der Waals surface area contributed by atoms with Crippen molar-refractivity contribution in [3.63, 3.8) is 0 Å². The van der Waals surface area contributed by atoms with E-state index in [4.69, 9.17) is 4.74 Å². The fourth-order valence-corrected chi connectivity index (χ4v) is 2.34. The molecular formula is C13H14F2N4O2S. The highest BCUT2D eigenvalue weighted by molar-refractivity contribution is 7.99. The van der Waals surface area contributed by atoms with Crippen LogP contribution in [0.3, 0.4) is 0 Å². The van der Waals surface area contributed by atoms with Crippen LogP contribution >= 0.6 is 11.8 Å². The summed E-state index contributed by atoms with van der Waals surface area (Å²) in [4.78, 5) is 11.8. The van der Waals surface area contributed by atoms with Crippen molar-refractivity contribution < 1.29 is 18.3 Å². The molecule has 0 saturated heterocycles. The molecule has 0 aliphatic carbocycles. The highest BCUT2D eigenvalue weighted by atomic mass is 32.2. The zero-order valence-corrected chi connectivity index (χ0v) is 12.6. The normalized spacial score (nSPS) is 10.7. The van der Waals surface area contributed by atoms with Crippen LogP contribution in [0.25, 0.3) is 0 Å². The number of anilines is 1. The first kappa shape index (κ1) is 16.4. The van der Waals surface area contributed by atoms with Crippen molar-refractivity contribution in [1.29, 1.82) is 0 Å². The minimum Gasteiger partial charge on any atom is -0.383 e. The highest BCUT2D eigenvalue weighted by Crippen LogP contribution is 2.17. The Morgan fingerprint density at radius 2 is 2.23 bits per heavy atom. The number of carbonyl (C=O) groups is 1. The maximum absolute atomic E-state index is 13.0. The molecule has 22 heavy (non-hydrogen) atoms. The standard InChI is InChI=1S/C13H14F2N4O2S/c1-21-5-4-19-8-16-18-13(19)22-7-12(20)17-9-2-3-10(14)11(15)6-9/h2-3,6,8H,4-5,7H2,1H3,(H,17,20). The summed E-state index contributed by atoms with van der Waals surface area (Å²) in [5, 5.41) is 10.7. The number of carbonyl (C=O) groups excluding carboxylic acids is 1. The molecule has 0 radical (unpaired) electrons. The van der Waals surface area contributed by atoms with Crippen molar-refractivity contribution in [2.75, 3.05) is 24.8 Å². The molecule has 0 saturated carbocycles. The van der Waals surface area contributed by atoms with Gasteiger partial charge in [-0.15, -0.1) is 10.2 Å². The number of aromatic nitrogens is 3. The summed E-state index contributed by atoms with van der Waals surface area (Å²) in [6.45, 7) is 1.09. The highest BCUT2D eigenvalue weighted by Gasteiger charge is 2.10. The van der Waals surface area contributed by atoms with Gasteiger partial charge in [-0.25, -0.2) is 8.78 Å². The Hall–Kier alpha value is -2.00. The van der Waals surface area contributed by atoms with E-state index in [0.717, 1.165) is 12.1 Å². The minimum atomic E-state index is -1.01. The first-order valence-electron chi connectivity index (χ1n) is 6.34. The third-order valence-electron chi connectivity index (χ3n) is 2.65. The number of thioether (sulfide) groups is 1. The molecule has 1 amide bonds. The molecule has 2 aromatic rings. The number of benzene rings is 1. The van der Waals surface area contributed by atoms with Gasteiger partial charge in [0, 0.05) is 25.4 Å². The van der Waals surface area contributed by atoms with Gasteiger partial charge in [0.1, 0.15) is 6.33 Å². The second-order valence-corrected chi connectivity index (χ2v) is 5.21. The second-order valence-electron chi connectivity index (χ2n) is 4.27. The Kier molecular flexibility index (Phi) is 5.84. The molecule has 0 atom stereocenters. The molecule has 0 aliphatic rings. The van der Waals surface area contributed by atoms with Gasteiger partial charge in [-0.2, -0.15) is 0 Å². The van der Waals surface area contributed by atoms with E-state index >= 15 is 0 Å². The fourth-order valence-electron chi connectivity index (χ4n) is 1.60. The lowest BCUT2D eigenvalue weighted by Gasteiger charge is -2.07. The van der Waals surface area contributed by atoms with Gasteiger partial charge >= 0.3 is 0 Å². The van der Waals surface area contributed by atoms with E-state index in [1.807, 2.05) is 0 Å². The predicted octanol–water partition coefficient (Wildman–Crippen LogP) is 1.93. The Balaban J connectivity index is 1.87. The molecule has 0 fully saturated rings. The molecule has 0 spiro atoms. The van der Waals surface area contributed by atoms with Gasteiger partial charge in [0.2, 0.25) is 5.91 Å². The van der Waals surface area contributed by atoms with E-state index in [-0.39, 0.29) is 17.3 Å². The monoisotopic (exact) mass is 328 g/mol. The van der Waals surface area contributed by atoms with E-state index in [0.29, 0.717) is 18.3 Å². The molecule has 0 unspecified atom stereocenters. The van der Waals surface area contributed by atoms with Crippen LogP contribution in [0.2, 0.25) is 0 Å². The molecule has 1 N–H and O–H groups in total. The zero-order valence-electron chi connectivity index (χ0n) is 11.8. The van der Waals surface area contributed by atoms with Crippen molar-refractivity contribution in [3.8, 4) is 0 Å². The largest absolute Gasteiger partial charge is 0.383 e. The van der Waals surface area contributed by atoms with E-state index < -0.39 is 11.6 Å². The SMILES string of the molecule is COCCn1cnnc1SCC(=O)Nc1ccc(F)c(F)c1. The zero-order chi connectivity index (χ0) is 15.9. The average Bonchev–Trinajstić information content (AvgIpc) is 2.94. The van der Waals surface area contributed by atoms with Crippen LogP contribution < -0.4 is 5.32 Å². The first-order valence-corrected chi connectivity index (χ1v) is 7.33. The summed E-state index contributed by atoms with van der Waals surface area (Å²) >= 11 is 1.19. The molecule has 0 aliphatic heterocycles. The maximum atomic E-state index is 13.0. The van der Waals surface area contributed by atoms with Gasteiger partial charge in [0.05, 0.1) is 12.4 Å². The van der Waals surface area contributed by atoms with E-state index in [9.17, 15) is 13.6 Å². The number of amides is 1. The number of ether oxygens (including phenoxy) is 1. The van der Waals surface area contributed by atoms with E-state index in [1.165, 1.54) is 17.8 Å². The van der Waals surface area contributed by atoms with Crippen LogP contribution in [0.5, 0.6) is 0 Å². The topological polar surface area (TPSA) is 69.0 Å². The van der Waals surface area contributed by atoms with Gasteiger partial charge < -0.3 is 14.6 Å². The van der Waals surface area contributed by atoms with Crippen molar-refractivity contribution in [3.05, 3.63) is 36.2 Å². The smallest absolute Gasteiger partial charge is 0.234 e. The van der Waals surface area contributed by atoms with Crippen molar-refractivity contribution in [1.82, 2.24) is 14.8 Å². The third kappa shape index (κ3) is 4.50. The Bertz CT molecular complexity index is 651. The molecule has 1 aromatic heterocycles. The first-order chi connectivity index (χ1) is 10.6. The van der Waals surface area contributed by atoms with Crippen LogP contribution in [0.1, 0.15) is 0 Å². The van der Waals surface area contributed by atoms with E-state index in [1.54, 1.807) is 18.0 Å². The number of halogens is 2. The summed E-state index contributed by atoms with van der Waals surface area (Å²) in [5.41, 5.74) is 0.199. The number of rotatable bonds is 7. The number of methoxy groups -OCH3 is 1. The molecule has 9 heteroatoms. The predicted molar refractivity (Wildman–Crippen MR) is 77.6 cm³/mol. The summed E-state index contributed by atoms with van der Waals surface area (Å²) in [6.07, 6.45) is 1.55. The fraction of sp³-hybridized carbons (Fsp3) is 0.308.